The number of hydrogen-bond donors (Lipinski definition) is 1. The molecular formula is C10H18N2O. The van der Waals surface area contributed by atoms with E-state index in [-0.39, 0.29) is 0 Å². The summed E-state index contributed by atoms with van der Waals surface area (Å²) in [6.45, 7) is 3.81. The first-order valence-electron chi connectivity index (χ1n) is 4.58. The fraction of sp³-hybridized carbons (Fsp3) is 0.600. The van der Waals surface area contributed by atoms with Crippen LogP contribution in [-0.4, -0.2) is 24.8 Å². The highest BCUT2D eigenvalue weighted by Crippen LogP contribution is 2.10. The lowest BCUT2D eigenvalue weighted by molar-refractivity contribution is 0.196. The molecule has 1 aromatic rings. The van der Waals surface area contributed by atoms with Crippen molar-refractivity contribution in [3.05, 3.63) is 24.0 Å². The highest BCUT2D eigenvalue weighted by Gasteiger charge is 2.04. The molecule has 3 heteroatoms. The normalized spacial score (nSPS) is 13.2. The van der Waals surface area contributed by atoms with Crippen LogP contribution in [0.4, 0.5) is 0 Å². The van der Waals surface area contributed by atoms with Gasteiger partial charge in [-0.25, -0.2) is 0 Å². The van der Waals surface area contributed by atoms with Gasteiger partial charge in [-0.2, -0.15) is 0 Å². The molecule has 1 atom stereocenters. The Morgan fingerprint density at radius 2 is 2.38 bits per heavy atom. The molecule has 1 heterocycles. The van der Waals surface area contributed by atoms with Crippen LogP contribution in [0.2, 0.25) is 0 Å². The number of rotatable bonds is 5. The van der Waals surface area contributed by atoms with Crippen molar-refractivity contribution < 1.29 is 4.74 Å². The Kier molecular flexibility index (Phi) is 3.99. The van der Waals surface area contributed by atoms with Crippen LogP contribution in [0.3, 0.4) is 0 Å². The Bertz CT molecular complexity index is 245. The molecule has 74 valence electrons. The molecular weight excluding hydrogens is 164 g/mol. The third kappa shape index (κ3) is 3.20. The van der Waals surface area contributed by atoms with E-state index < -0.39 is 0 Å². The van der Waals surface area contributed by atoms with Gasteiger partial charge in [0.1, 0.15) is 0 Å². The van der Waals surface area contributed by atoms with E-state index in [0.717, 1.165) is 13.2 Å². The van der Waals surface area contributed by atoms with Crippen LogP contribution in [0.5, 0.6) is 0 Å². The molecule has 0 spiro atoms. The molecule has 1 rings (SSSR count). The van der Waals surface area contributed by atoms with Crippen molar-refractivity contribution in [2.45, 2.75) is 13.0 Å². The summed E-state index contributed by atoms with van der Waals surface area (Å²) in [6.07, 6.45) is 4.19. The molecule has 1 aromatic heterocycles. The highest BCUT2D eigenvalue weighted by atomic mass is 16.5. The van der Waals surface area contributed by atoms with Gasteiger partial charge < -0.3 is 14.6 Å². The Morgan fingerprint density at radius 1 is 1.62 bits per heavy atom. The third-order valence-corrected chi connectivity index (χ3v) is 2.11. The highest BCUT2D eigenvalue weighted by molar-refractivity contribution is 5.14. The maximum absolute atomic E-state index is 4.97. The quantitative estimate of drug-likeness (QED) is 0.695. The number of aryl methyl sites for hydroxylation is 1. The van der Waals surface area contributed by atoms with E-state index >= 15 is 0 Å². The fourth-order valence-corrected chi connectivity index (χ4v) is 1.28. The molecule has 0 aliphatic carbocycles. The average molecular weight is 182 g/mol. The summed E-state index contributed by atoms with van der Waals surface area (Å²) in [5.41, 5.74) is 1.32. The number of nitrogens with zero attached hydrogens (tertiary/aromatic N) is 1. The Hall–Kier alpha value is -0.800. The van der Waals surface area contributed by atoms with Crippen molar-refractivity contribution in [3.63, 3.8) is 0 Å². The van der Waals surface area contributed by atoms with Gasteiger partial charge in [0.2, 0.25) is 0 Å². The van der Waals surface area contributed by atoms with Crippen molar-refractivity contribution in [1.82, 2.24) is 9.88 Å². The minimum Gasteiger partial charge on any atom is -0.383 e. The van der Waals surface area contributed by atoms with Gasteiger partial charge in [0.25, 0.3) is 0 Å². The number of ether oxygens (including phenoxy) is 1. The molecule has 1 N–H and O–H groups in total. The lowest BCUT2D eigenvalue weighted by atomic mass is 10.2. The fourth-order valence-electron chi connectivity index (χ4n) is 1.28. The van der Waals surface area contributed by atoms with Gasteiger partial charge in [0.05, 0.1) is 6.61 Å². The van der Waals surface area contributed by atoms with Crippen molar-refractivity contribution in [2.24, 2.45) is 7.05 Å². The molecule has 0 unspecified atom stereocenters. The lowest BCUT2D eigenvalue weighted by Crippen LogP contribution is -2.22. The first-order valence-corrected chi connectivity index (χ1v) is 4.58. The number of methoxy groups -OCH3 is 1. The van der Waals surface area contributed by atoms with Gasteiger partial charge >= 0.3 is 0 Å². The Morgan fingerprint density at radius 3 is 2.92 bits per heavy atom. The summed E-state index contributed by atoms with van der Waals surface area (Å²) in [4.78, 5) is 0. The van der Waals surface area contributed by atoms with Crippen LogP contribution >= 0.6 is 0 Å². The molecule has 0 bridgehead atoms. The van der Waals surface area contributed by atoms with Gasteiger partial charge in [0.15, 0.2) is 0 Å². The van der Waals surface area contributed by atoms with Crippen LogP contribution in [0, 0.1) is 0 Å². The molecule has 0 saturated heterocycles. The molecule has 0 saturated carbocycles. The largest absolute Gasteiger partial charge is 0.383 e. The van der Waals surface area contributed by atoms with E-state index in [1.54, 1.807) is 7.11 Å². The van der Waals surface area contributed by atoms with Crippen molar-refractivity contribution in [2.75, 3.05) is 20.3 Å². The Balaban J connectivity index is 2.35. The van der Waals surface area contributed by atoms with Crippen LogP contribution in [0.1, 0.15) is 18.5 Å². The SMILES string of the molecule is COCCN[C@@H](C)c1ccn(C)c1. The van der Waals surface area contributed by atoms with Gasteiger partial charge in [-0.05, 0) is 18.6 Å². The van der Waals surface area contributed by atoms with Crippen LogP contribution in [0.15, 0.2) is 18.5 Å². The topological polar surface area (TPSA) is 26.2 Å². The number of hydrogen-bond acceptors (Lipinski definition) is 2. The first kappa shape index (κ1) is 10.3. The van der Waals surface area contributed by atoms with E-state index in [4.69, 9.17) is 4.74 Å². The summed E-state index contributed by atoms with van der Waals surface area (Å²) < 4.78 is 7.02. The van der Waals surface area contributed by atoms with E-state index in [9.17, 15) is 0 Å². The van der Waals surface area contributed by atoms with Crippen LogP contribution in [-0.2, 0) is 11.8 Å². The van der Waals surface area contributed by atoms with Crippen LogP contribution in [0.25, 0.3) is 0 Å². The first-order chi connectivity index (χ1) is 6.24. The molecule has 0 amide bonds. The van der Waals surface area contributed by atoms with Crippen molar-refractivity contribution in [3.8, 4) is 0 Å². The predicted molar refractivity (Wildman–Crippen MR) is 53.7 cm³/mol. The summed E-state index contributed by atoms with van der Waals surface area (Å²) in [6, 6.07) is 2.53. The summed E-state index contributed by atoms with van der Waals surface area (Å²) in [5, 5.41) is 3.37. The smallest absolute Gasteiger partial charge is 0.0587 e. The van der Waals surface area contributed by atoms with E-state index in [2.05, 4.69) is 35.3 Å². The third-order valence-electron chi connectivity index (χ3n) is 2.11. The summed E-state index contributed by atoms with van der Waals surface area (Å²) in [7, 11) is 3.75. The summed E-state index contributed by atoms with van der Waals surface area (Å²) in [5.74, 6) is 0. The van der Waals surface area contributed by atoms with E-state index in [0.29, 0.717) is 6.04 Å². The minimum atomic E-state index is 0.399. The molecule has 3 nitrogen and oxygen atoms in total. The molecule has 0 radical (unpaired) electrons. The van der Waals surface area contributed by atoms with Crippen molar-refractivity contribution >= 4 is 0 Å². The molecule has 0 aliphatic rings. The number of aromatic nitrogens is 1. The van der Waals surface area contributed by atoms with Gasteiger partial charge in [-0.1, -0.05) is 0 Å². The van der Waals surface area contributed by atoms with Gasteiger partial charge in [0, 0.05) is 39.1 Å². The monoisotopic (exact) mass is 182 g/mol. The predicted octanol–water partition coefficient (Wildman–Crippen LogP) is 1.32. The maximum atomic E-state index is 4.97. The number of nitrogens with one attached hydrogen (secondary N) is 1. The van der Waals surface area contributed by atoms with E-state index in [1.807, 2.05) is 7.05 Å². The van der Waals surface area contributed by atoms with Gasteiger partial charge in [-0.3, -0.25) is 0 Å². The zero-order valence-corrected chi connectivity index (χ0v) is 8.58. The van der Waals surface area contributed by atoms with Crippen molar-refractivity contribution in [1.29, 1.82) is 0 Å². The molecule has 0 aliphatic heterocycles. The van der Waals surface area contributed by atoms with Gasteiger partial charge in [-0.15, -0.1) is 0 Å². The molecule has 0 aromatic carbocycles. The Labute approximate surface area is 79.7 Å². The second-order valence-electron chi connectivity index (χ2n) is 3.28. The van der Waals surface area contributed by atoms with Crippen LogP contribution < -0.4 is 5.32 Å². The zero-order valence-electron chi connectivity index (χ0n) is 8.58. The van der Waals surface area contributed by atoms with E-state index in [1.165, 1.54) is 5.56 Å². The average Bonchev–Trinajstić information content (AvgIpc) is 2.52. The minimum absolute atomic E-state index is 0.399. The lowest BCUT2D eigenvalue weighted by Gasteiger charge is -2.11. The zero-order chi connectivity index (χ0) is 9.68. The maximum Gasteiger partial charge on any atom is 0.0587 e. The summed E-state index contributed by atoms with van der Waals surface area (Å²) >= 11 is 0. The second-order valence-corrected chi connectivity index (χ2v) is 3.28. The second kappa shape index (κ2) is 5.04. The molecule has 13 heavy (non-hydrogen) atoms. The standard InChI is InChI=1S/C10H18N2O/c1-9(11-5-7-13-3)10-4-6-12(2)8-10/h4,6,8-9,11H,5,7H2,1-3H3/t9-/m0/s1. The molecule has 0 fully saturated rings.